The second kappa shape index (κ2) is 4.91. The summed E-state index contributed by atoms with van der Waals surface area (Å²) in [6.45, 7) is 0. The molecule has 1 N–H and O–H groups in total. The molecule has 0 bridgehead atoms. The van der Waals surface area contributed by atoms with Crippen LogP contribution < -0.4 is 4.74 Å². The molecular weight excluding hydrogens is 236 g/mol. The van der Waals surface area contributed by atoms with E-state index >= 15 is 0 Å². The molecule has 0 unspecified atom stereocenters. The highest BCUT2D eigenvalue weighted by Gasteiger charge is 2.13. The molecule has 18 heavy (non-hydrogen) atoms. The summed E-state index contributed by atoms with van der Waals surface area (Å²) in [7, 11) is 1.49. The van der Waals surface area contributed by atoms with Crippen LogP contribution in [-0.4, -0.2) is 24.0 Å². The molecule has 0 aliphatic carbocycles. The maximum Gasteiger partial charge on any atom is 0.303 e. The molecule has 1 aromatic carbocycles. The summed E-state index contributed by atoms with van der Waals surface area (Å²) in [5, 5.41) is 9.31. The largest absolute Gasteiger partial charge is 0.493 e. The minimum absolute atomic E-state index is 0.0259. The number of methoxy groups -OCH3 is 1. The van der Waals surface area contributed by atoms with Crippen LogP contribution in [0.4, 0.5) is 0 Å². The summed E-state index contributed by atoms with van der Waals surface area (Å²) in [6.07, 6.45) is 1.31. The van der Waals surface area contributed by atoms with Gasteiger partial charge in [0.25, 0.3) is 0 Å². The quantitative estimate of drug-likeness (QED) is 0.822. The number of ether oxygens (including phenoxy) is 1. The molecule has 0 spiro atoms. The van der Waals surface area contributed by atoms with Gasteiger partial charge in [0.05, 0.1) is 19.8 Å². The highest BCUT2D eigenvalue weighted by Crippen LogP contribution is 2.28. The zero-order valence-corrected chi connectivity index (χ0v) is 9.80. The van der Waals surface area contributed by atoms with Crippen LogP contribution in [0.5, 0.6) is 5.75 Å². The minimum Gasteiger partial charge on any atom is -0.493 e. The first kappa shape index (κ1) is 12.2. The number of Topliss-reactive ketones (excluding diaryl/α,β-unsaturated/α-hetero) is 1. The molecule has 2 aromatic rings. The number of carboxylic acids is 1. The Hall–Kier alpha value is -2.30. The Bertz CT molecular complexity index is 596. The van der Waals surface area contributed by atoms with Crippen LogP contribution in [0.15, 0.2) is 28.9 Å². The van der Waals surface area contributed by atoms with Crippen molar-refractivity contribution < 1.29 is 23.8 Å². The number of carbonyl (C=O) groups is 2. The molecule has 5 heteroatoms. The Balaban J connectivity index is 2.33. The maximum atomic E-state index is 11.8. The Morgan fingerprint density at radius 1 is 1.33 bits per heavy atom. The molecule has 0 atom stereocenters. The molecule has 2 rings (SSSR count). The molecule has 94 valence electrons. The first-order valence-corrected chi connectivity index (χ1v) is 5.42. The van der Waals surface area contributed by atoms with Crippen molar-refractivity contribution in [3.63, 3.8) is 0 Å². The van der Waals surface area contributed by atoms with Gasteiger partial charge in [-0.2, -0.15) is 0 Å². The fraction of sp³-hybridized carbons (Fsp3) is 0.231. The number of fused-ring (bicyclic) bond motifs is 1. The van der Waals surface area contributed by atoms with Gasteiger partial charge in [-0.15, -0.1) is 0 Å². The number of aliphatic carboxylic acids is 1. The van der Waals surface area contributed by atoms with Crippen molar-refractivity contribution in [3.8, 4) is 5.75 Å². The molecule has 0 aliphatic heterocycles. The van der Waals surface area contributed by atoms with E-state index in [0.717, 1.165) is 5.39 Å². The van der Waals surface area contributed by atoms with Gasteiger partial charge in [-0.05, 0) is 18.2 Å². The van der Waals surface area contributed by atoms with Crippen molar-refractivity contribution in [1.29, 1.82) is 0 Å². The van der Waals surface area contributed by atoms with Crippen molar-refractivity contribution in [2.75, 3.05) is 7.11 Å². The number of rotatable bonds is 5. The summed E-state index contributed by atoms with van der Waals surface area (Å²) >= 11 is 0. The van der Waals surface area contributed by atoms with E-state index in [2.05, 4.69) is 0 Å². The van der Waals surface area contributed by atoms with Crippen molar-refractivity contribution in [1.82, 2.24) is 0 Å². The van der Waals surface area contributed by atoms with Gasteiger partial charge in [0, 0.05) is 17.4 Å². The van der Waals surface area contributed by atoms with Crippen LogP contribution in [0.2, 0.25) is 0 Å². The fourth-order valence-electron chi connectivity index (χ4n) is 1.73. The molecular formula is C13H12O5. The van der Waals surface area contributed by atoms with Gasteiger partial charge in [0.2, 0.25) is 0 Å². The second-order valence-corrected chi connectivity index (χ2v) is 3.83. The number of hydrogen-bond donors (Lipinski definition) is 1. The van der Waals surface area contributed by atoms with Crippen molar-refractivity contribution >= 4 is 22.7 Å². The van der Waals surface area contributed by atoms with Crippen molar-refractivity contribution in [3.05, 3.63) is 30.0 Å². The lowest BCUT2D eigenvalue weighted by Gasteiger charge is -2.04. The number of carboxylic acid groups (broad SMARTS) is 1. The van der Waals surface area contributed by atoms with E-state index < -0.39 is 5.97 Å². The lowest BCUT2D eigenvalue weighted by atomic mass is 10.0. The first-order valence-electron chi connectivity index (χ1n) is 5.42. The molecule has 0 aliphatic rings. The fourth-order valence-corrected chi connectivity index (χ4v) is 1.73. The van der Waals surface area contributed by atoms with Crippen LogP contribution in [0.3, 0.4) is 0 Å². The predicted octanol–water partition coefficient (Wildman–Crippen LogP) is 2.49. The molecule has 0 saturated heterocycles. The monoisotopic (exact) mass is 248 g/mol. The van der Waals surface area contributed by atoms with E-state index in [1.54, 1.807) is 18.2 Å². The van der Waals surface area contributed by atoms with Crippen LogP contribution in [0.25, 0.3) is 11.0 Å². The van der Waals surface area contributed by atoms with Crippen LogP contribution in [0, 0.1) is 0 Å². The lowest BCUT2D eigenvalue weighted by Crippen LogP contribution is -2.04. The van der Waals surface area contributed by atoms with Gasteiger partial charge in [0.1, 0.15) is 0 Å². The Labute approximate surface area is 103 Å². The van der Waals surface area contributed by atoms with Gasteiger partial charge in [-0.3, -0.25) is 9.59 Å². The summed E-state index contributed by atoms with van der Waals surface area (Å²) in [6, 6.07) is 4.97. The van der Waals surface area contributed by atoms with E-state index in [4.69, 9.17) is 14.3 Å². The third kappa shape index (κ3) is 2.34. The number of hydrogen-bond acceptors (Lipinski definition) is 4. The molecule has 0 saturated carbocycles. The minimum atomic E-state index is -0.986. The van der Waals surface area contributed by atoms with Gasteiger partial charge in [-0.1, -0.05) is 0 Å². The molecule has 0 radical (unpaired) electrons. The molecule has 0 amide bonds. The smallest absolute Gasteiger partial charge is 0.303 e. The first-order chi connectivity index (χ1) is 8.61. The van der Waals surface area contributed by atoms with E-state index in [1.165, 1.54) is 13.4 Å². The predicted molar refractivity (Wildman–Crippen MR) is 64.0 cm³/mol. The number of benzene rings is 1. The van der Waals surface area contributed by atoms with Gasteiger partial charge in [0.15, 0.2) is 17.1 Å². The zero-order chi connectivity index (χ0) is 13.1. The summed E-state index contributed by atoms with van der Waals surface area (Å²) in [4.78, 5) is 22.3. The standard InChI is InChI=1S/C13H12O5/c1-17-11-7-9(10(14)2-3-12(15)16)6-8-4-5-18-13(8)11/h4-7H,2-3H2,1H3,(H,15,16). The number of furan rings is 1. The number of ketones is 1. The summed E-state index contributed by atoms with van der Waals surface area (Å²) in [5.74, 6) is -0.741. The van der Waals surface area contributed by atoms with Gasteiger partial charge < -0.3 is 14.3 Å². The normalized spacial score (nSPS) is 10.5. The maximum absolute atomic E-state index is 11.8. The van der Waals surface area contributed by atoms with Crippen molar-refractivity contribution in [2.24, 2.45) is 0 Å². The lowest BCUT2D eigenvalue weighted by molar-refractivity contribution is -0.136. The Morgan fingerprint density at radius 3 is 2.78 bits per heavy atom. The molecule has 5 nitrogen and oxygen atoms in total. The molecule has 0 fully saturated rings. The van der Waals surface area contributed by atoms with Crippen LogP contribution in [-0.2, 0) is 4.79 Å². The van der Waals surface area contributed by atoms with E-state index in [-0.39, 0.29) is 18.6 Å². The average molecular weight is 248 g/mol. The highest BCUT2D eigenvalue weighted by molar-refractivity contribution is 6.01. The Kier molecular flexibility index (Phi) is 3.32. The SMILES string of the molecule is COc1cc(C(=O)CCC(=O)O)cc2ccoc12. The summed E-state index contributed by atoms with van der Waals surface area (Å²) < 4.78 is 10.4. The van der Waals surface area contributed by atoms with Gasteiger partial charge >= 0.3 is 5.97 Å². The zero-order valence-electron chi connectivity index (χ0n) is 9.80. The third-order valence-corrected chi connectivity index (χ3v) is 2.62. The van der Waals surface area contributed by atoms with E-state index in [9.17, 15) is 9.59 Å². The van der Waals surface area contributed by atoms with E-state index in [1.807, 2.05) is 0 Å². The Morgan fingerprint density at radius 2 is 2.11 bits per heavy atom. The van der Waals surface area contributed by atoms with Crippen LogP contribution in [0.1, 0.15) is 23.2 Å². The topological polar surface area (TPSA) is 76.7 Å². The van der Waals surface area contributed by atoms with Crippen LogP contribution >= 0.6 is 0 Å². The van der Waals surface area contributed by atoms with Crippen molar-refractivity contribution in [2.45, 2.75) is 12.8 Å². The summed E-state index contributed by atoms with van der Waals surface area (Å²) in [5.41, 5.74) is 1.01. The third-order valence-electron chi connectivity index (χ3n) is 2.62. The second-order valence-electron chi connectivity index (χ2n) is 3.83. The number of carbonyl (C=O) groups excluding carboxylic acids is 1. The van der Waals surface area contributed by atoms with E-state index in [0.29, 0.717) is 16.9 Å². The molecule has 1 aromatic heterocycles. The highest BCUT2D eigenvalue weighted by atomic mass is 16.5. The average Bonchev–Trinajstić information content (AvgIpc) is 2.82. The molecule has 1 heterocycles. The van der Waals surface area contributed by atoms with Gasteiger partial charge in [-0.25, -0.2) is 0 Å².